The molecule has 2 aliphatic heterocycles. The van der Waals surface area contributed by atoms with E-state index in [1.807, 2.05) is 27.7 Å². The zero-order valence-electron chi connectivity index (χ0n) is 14.7. The molecule has 2 aliphatic rings. The highest BCUT2D eigenvalue weighted by molar-refractivity contribution is 6.62. The van der Waals surface area contributed by atoms with E-state index in [-0.39, 0.29) is 6.10 Å². The Morgan fingerprint density at radius 3 is 2.58 bits per heavy atom. The molecule has 6 nitrogen and oxygen atoms in total. The molecule has 0 unspecified atom stereocenters. The van der Waals surface area contributed by atoms with E-state index in [1.165, 1.54) is 0 Å². The van der Waals surface area contributed by atoms with Crippen LogP contribution in [-0.4, -0.2) is 42.6 Å². The average Bonchev–Trinajstić information content (AvgIpc) is 2.77. The van der Waals surface area contributed by atoms with Crippen molar-refractivity contribution in [3.05, 3.63) is 17.8 Å². The number of ether oxygens (including phenoxy) is 2. The standard InChI is InChI=1S/C17H23BN2O4/c1-16(2)17(3,4)24-18(23-16)13-8-12(9-19)15(20-10-13)22-14-6-5-7-21-11-14/h8,10,14H,5-7,11H2,1-4H3/t14-/m1/s1. The summed E-state index contributed by atoms with van der Waals surface area (Å²) in [7, 11) is -0.540. The first-order valence-electron chi connectivity index (χ1n) is 8.32. The van der Waals surface area contributed by atoms with Crippen LogP contribution in [0, 0.1) is 11.3 Å². The largest absolute Gasteiger partial charge is 0.496 e. The van der Waals surface area contributed by atoms with Gasteiger partial charge >= 0.3 is 7.12 Å². The highest BCUT2D eigenvalue weighted by Gasteiger charge is 2.52. The molecule has 1 aromatic heterocycles. The van der Waals surface area contributed by atoms with Crippen LogP contribution in [0.15, 0.2) is 12.3 Å². The first-order chi connectivity index (χ1) is 11.3. The van der Waals surface area contributed by atoms with E-state index in [4.69, 9.17) is 18.8 Å². The molecule has 0 aliphatic carbocycles. The Hall–Kier alpha value is -1.62. The Bertz CT molecular complexity index is 634. The van der Waals surface area contributed by atoms with Gasteiger partial charge in [-0.3, -0.25) is 0 Å². The van der Waals surface area contributed by atoms with Crippen molar-refractivity contribution in [2.24, 2.45) is 0 Å². The van der Waals surface area contributed by atoms with E-state index in [9.17, 15) is 5.26 Å². The SMILES string of the molecule is CC1(C)OB(c2cnc(O[C@@H]3CCCOC3)c(C#N)c2)OC1(C)C. The van der Waals surface area contributed by atoms with E-state index < -0.39 is 18.3 Å². The second kappa shape index (κ2) is 6.36. The van der Waals surface area contributed by atoms with Gasteiger partial charge in [0.25, 0.3) is 0 Å². The smallest absolute Gasteiger partial charge is 0.471 e. The Morgan fingerprint density at radius 1 is 1.29 bits per heavy atom. The summed E-state index contributed by atoms with van der Waals surface area (Å²) in [5, 5.41) is 9.44. The normalized spacial score (nSPS) is 25.3. The van der Waals surface area contributed by atoms with Gasteiger partial charge in [-0.15, -0.1) is 0 Å². The van der Waals surface area contributed by atoms with E-state index in [0.717, 1.165) is 24.9 Å². The highest BCUT2D eigenvalue weighted by atomic mass is 16.7. The van der Waals surface area contributed by atoms with Crippen molar-refractivity contribution in [2.45, 2.75) is 57.8 Å². The van der Waals surface area contributed by atoms with Gasteiger partial charge in [0.05, 0.1) is 17.8 Å². The Morgan fingerprint density at radius 2 is 2.00 bits per heavy atom. The number of pyridine rings is 1. The maximum Gasteiger partial charge on any atom is 0.496 e. The second-order valence-electron chi connectivity index (χ2n) is 7.28. The van der Waals surface area contributed by atoms with Gasteiger partial charge in [0.2, 0.25) is 5.88 Å². The summed E-state index contributed by atoms with van der Waals surface area (Å²) in [6.07, 6.45) is 3.47. The topological polar surface area (TPSA) is 73.6 Å². The van der Waals surface area contributed by atoms with E-state index in [0.29, 0.717) is 18.1 Å². The Kier molecular flexibility index (Phi) is 4.56. The van der Waals surface area contributed by atoms with Crippen LogP contribution in [0.5, 0.6) is 5.88 Å². The fourth-order valence-corrected chi connectivity index (χ4v) is 2.71. The van der Waals surface area contributed by atoms with Crippen LogP contribution in [0.4, 0.5) is 0 Å². The Balaban J connectivity index is 1.78. The monoisotopic (exact) mass is 330 g/mol. The summed E-state index contributed by atoms with van der Waals surface area (Å²) >= 11 is 0. The van der Waals surface area contributed by atoms with Gasteiger partial charge in [0, 0.05) is 18.3 Å². The summed E-state index contributed by atoms with van der Waals surface area (Å²) < 4.78 is 23.3. The average molecular weight is 330 g/mol. The quantitative estimate of drug-likeness (QED) is 0.787. The second-order valence-corrected chi connectivity index (χ2v) is 7.28. The molecule has 1 atom stereocenters. The van der Waals surface area contributed by atoms with Crippen molar-refractivity contribution in [1.82, 2.24) is 4.98 Å². The van der Waals surface area contributed by atoms with E-state index >= 15 is 0 Å². The fourth-order valence-electron chi connectivity index (χ4n) is 2.71. The molecule has 0 amide bonds. The lowest BCUT2D eigenvalue weighted by Crippen LogP contribution is -2.41. The van der Waals surface area contributed by atoms with Crippen molar-refractivity contribution in [2.75, 3.05) is 13.2 Å². The molecule has 128 valence electrons. The zero-order chi connectivity index (χ0) is 17.4. The van der Waals surface area contributed by atoms with Crippen LogP contribution in [-0.2, 0) is 14.0 Å². The van der Waals surface area contributed by atoms with Gasteiger partial charge in [-0.1, -0.05) is 0 Å². The molecule has 0 aromatic carbocycles. The number of nitriles is 1. The molecule has 0 saturated carbocycles. The van der Waals surface area contributed by atoms with E-state index in [2.05, 4.69) is 11.1 Å². The van der Waals surface area contributed by atoms with Crippen LogP contribution in [0.2, 0.25) is 0 Å². The molecule has 24 heavy (non-hydrogen) atoms. The zero-order valence-corrected chi connectivity index (χ0v) is 14.7. The maximum absolute atomic E-state index is 9.44. The first-order valence-corrected chi connectivity index (χ1v) is 8.32. The fraction of sp³-hybridized carbons (Fsp3) is 0.647. The highest BCUT2D eigenvalue weighted by Crippen LogP contribution is 2.36. The molecule has 0 radical (unpaired) electrons. The van der Waals surface area contributed by atoms with Gasteiger partial charge in [0.1, 0.15) is 17.7 Å². The maximum atomic E-state index is 9.44. The summed E-state index contributed by atoms with van der Waals surface area (Å²) in [4.78, 5) is 4.32. The minimum absolute atomic E-state index is 0.0546. The molecule has 0 spiro atoms. The molecule has 7 heteroatoms. The van der Waals surface area contributed by atoms with Crippen molar-refractivity contribution >= 4 is 12.6 Å². The lowest BCUT2D eigenvalue weighted by Gasteiger charge is -2.32. The molecule has 3 rings (SSSR count). The molecule has 1 aromatic rings. The third kappa shape index (κ3) is 3.27. The van der Waals surface area contributed by atoms with Crippen LogP contribution in [0.3, 0.4) is 0 Å². The summed E-state index contributed by atoms with van der Waals surface area (Å²) in [5.41, 5.74) is 0.239. The molecular formula is C17H23BN2O4. The van der Waals surface area contributed by atoms with Crippen LogP contribution in [0.1, 0.15) is 46.1 Å². The predicted octanol–water partition coefficient (Wildman–Crippen LogP) is 1.81. The van der Waals surface area contributed by atoms with Crippen molar-refractivity contribution < 1.29 is 18.8 Å². The predicted molar refractivity (Wildman–Crippen MR) is 89.1 cm³/mol. The van der Waals surface area contributed by atoms with Crippen molar-refractivity contribution in [1.29, 1.82) is 5.26 Å². The van der Waals surface area contributed by atoms with Gasteiger partial charge < -0.3 is 18.8 Å². The molecule has 2 fully saturated rings. The number of aromatic nitrogens is 1. The first kappa shape index (κ1) is 17.2. The van der Waals surface area contributed by atoms with Crippen LogP contribution in [0.25, 0.3) is 0 Å². The molecular weight excluding hydrogens is 307 g/mol. The lowest BCUT2D eigenvalue weighted by atomic mass is 9.80. The minimum Gasteiger partial charge on any atom is -0.471 e. The van der Waals surface area contributed by atoms with Gasteiger partial charge in [-0.25, -0.2) is 4.98 Å². The van der Waals surface area contributed by atoms with Crippen LogP contribution >= 0.6 is 0 Å². The number of rotatable bonds is 3. The minimum atomic E-state index is -0.540. The van der Waals surface area contributed by atoms with Gasteiger partial charge in [0.15, 0.2) is 0 Å². The molecule has 3 heterocycles. The third-order valence-corrected chi connectivity index (χ3v) is 4.91. The van der Waals surface area contributed by atoms with E-state index in [1.54, 1.807) is 12.3 Å². The molecule has 0 bridgehead atoms. The molecule has 2 saturated heterocycles. The third-order valence-electron chi connectivity index (χ3n) is 4.91. The van der Waals surface area contributed by atoms with Gasteiger partial charge in [-0.2, -0.15) is 5.26 Å². The van der Waals surface area contributed by atoms with Crippen molar-refractivity contribution in [3.8, 4) is 11.9 Å². The lowest BCUT2D eigenvalue weighted by molar-refractivity contribution is 0.00538. The van der Waals surface area contributed by atoms with Gasteiger partial charge in [-0.05, 0) is 46.6 Å². The Labute approximate surface area is 143 Å². The molecule has 0 N–H and O–H groups in total. The van der Waals surface area contributed by atoms with Crippen molar-refractivity contribution in [3.63, 3.8) is 0 Å². The number of hydrogen-bond donors (Lipinski definition) is 0. The number of nitrogens with zero attached hydrogens (tertiary/aromatic N) is 2. The summed E-state index contributed by atoms with van der Waals surface area (Å²) in [6.45, 7) is 9.27. The summed E-state index contributed by atoms with van der Waals surface area (Å²) in [6, 6.07) is 3.88. The summed E-state index contributed by atoms with van der Waals surface area (Å²) in [5.74, 6) is 0.341. The van der Waals surface area contributed by atoms with Crippen LogP contribution < -0.4 is 10.2 Å². The number of hydrogen-bond acceptors (Lipinski definition) is 6.